The molecule has 110 valence electrons. The molecule has 3 nitrogen and oxygen atoms in total. The zero-order valence-corrected chi connectivity index (χ0v) is 11.2. The van der Waals surface area contributed by atoms with Crippen LogP contribution in [0.25, 0.3) is 0 Å². The predicted octanol–water partition coefficient (Wildman–Crippen LogP) is 4.09. The van der Waals surface area contributed by atoms with Crippen LogP contribution in [0.15, 0.2) is 42.5 Å². The molecule has 0 spiro atoms. The van der Waals surface area contributed by atoms with E-state index in [0.717, 1.165) is 17.7 Å². The minimum Gasteiger partial charge on any atom is -0.457 e. The molecule has 0 fully saturated rings. The minimum absolute atomic E-state index is 0.166. The zero-order valence-electron chi connectivity index (χ0n) is 11.2. The molecule has 3 N–H and O–H groups in total. The van der Waals surface area contributed by atoms with Crippen molar-refractivity contribution in [3.63, 3.8) is 0 Å². The number of alkyl halides is 3. The first-order valence-corrected chi connectivity index (χ1v) is 6.07. The summed E-state index contributed by atoms with van der Waals surface area (Å²) >= 11 is 0. The van der Waals surface area contributed by atoms with Crippen LogP contribution in [0.2, 0.25) is 0 Å². The highest BCUT2D eigenvalue weighted by Crippen LogP contribution is 2.32. The van der Waals surface area contributed by atoms with Gasteiger partial charge in [-0.3, -0.25) is 5.41 Å². The summed E-state index contributed by atoms with van der Waals surface area (Å²) in [4.78, 5) is 0. The molecule has 0 aliphatic carbocycles. The summed E-state index contributed by atoms with van der Waals surface area (Å²) in [6.45, 7) is 1.84. The third-order valence-electron chi connectivity index (χ3n) is 2.83. The summed E-state index contributed by atoms with van der Waals surface area (Å²) in [5.41, 5.74) is 6.03. The number of rotatable bonds is 3. The molecule has 0 radical (unpaired) electrons. The Kier molecular flexibility index (Phi) is 3.88. The van der Waals surface area contributed by atoms with E-state index in [1.54, 1.807) is 18.2 Å². The number of nitrogen functional groups attached to an aromatic ring is 1. The second-order valence-electron chi connectivity index (χ2n) is 4.54. The van der Waals surface area contributed by atoms with Crippen molar-refractivity contribution < 1.29 is 17.9 Å². The average Bonchev–Trinajstić information content (AvgIpc) is 2.40. The fourth-order valence-corrected chi connectivity index (χ4v) is 1.78. The molecular weight excluding hydrogens is 281 g/mol. The monoisotopic (exact) mass is 294 g/mol. The number of hydrogen-bond acceptors (Lipinski definition) is 2. The molecule has 21 heavy (non-hydrogen) atoms. The van der Waals surface area contributed by atoms with Crippen molar-refractivity contribution in [1.82, 2.24) is 0 Å². The van der Waals surface area contributed by atoms with Crippen molar-refractivity contribution >= 4 is 5.84 Å². The molecule has 0 unspecified atom stereocenters. The summed E-state index contributed by atoms with van der Waals surface area (Å²) in [6.07, 6.45) is -4.38. The minimum atomic E-state index is -4.38. The lowest BCUT2D eigenvalue weighted by Gasteiger charge is -2.12. The van der Waals surface area contributed by atoms with Gasteiger partial charge in [0.25, 0.3) is 0 Å². The van der Waals surface area contributed by atoms with Crippen LogP contribution in [-0.2, 0) is 6.18 Å². The molecule has 0 aliphatic heterocycles. The molecule has 0 saturated carbocycles. The van der Waals surface area contributed by atoms with E-state index in [1.165, 1.54) is 12.1 Å². The summed E-state index contributed by atoms with van der Waals surface area (Å²) in [7, 11) is 0. The van der Waals surface area contributed by atoms with Crippen molar-refractivity contribution in [3.05, 3.63) is 59.2 Å². The van der Waals surface area contributed by atoms with E-state index in [9.17, 15) is 13.2 Å². The van der Waals surface area contributed by atoms with Crippen molar-refractivity contribution in [2.45, 2.75) is 13.1 Å². The highest BCUT2D eigenvalue weighted by molar-refractivity contribution is 5.97. The van der Waals surface area contributed by atoms with E-state index in [0.29, 0.717) is 11.3 Å². The summed E-state index contributed by atoms with van der Waals surface area (Å²) in [5.74, 6) is 0.405. The highest BCUT2D eigenvalue weighted by atomic mass is 19.4. The zero-order chi connectivity index (χ0) is 15.6. The number of aryl methyl sites for hydroxylation is 1. The third-order valence-corrected chi connectivity index (χ3v) is 2.83. The van der Waals surface area contributed by atoms with Gasteiger partial charge in [-0.25, -0.2) is 0 Å². The standard InChI is InChI=1S/C15H13F3N2O/c1-9-2-7-13(12(8-9)14(19)20)21-11-5-3-10(4-6-11)15(16,17)18/h2-8H,1H3,(H3,19,20). The maximum Gasteiger partial charge on any atom is 0.416 e. The molecule has 0 heterocycles. The number of halogens is 3. The molecule has 0 bridgehead atoms. The van der Waals surface area contributed by atoms with Gasteiger partial charge in [-0.1, -0.05) is 11.6 Å². The van der Waals surface area contributed by atoms with E-state index >= 15 is 0 Å². The maximum absolute atomic E-state index is 12.5. The van der Waals surface area contributed by atoms with Crippen LogP contribution in [0.4, 0.5) is 13.2 Å². The van der Waals surface area contributed by atoms with Crippen LogP contribution < -0.4 is 10.5 Å². The normalized spacial score (nSPS) is 11.2. The lowest BCUT2D eigenvalue weighted by molar-refractivity contribution is -0.137. The average molecular weight is 294 g/mol. The van der Waals surface area contributed by atoms with Gasteiger partial charge >= 0.3 is 6.18 Å². The Labute approximate surface area is 119 Å². The first-order chi connectivity index (χ1) is 9.77. The van der Waals surface area contributed by atoms with Gasteiger partial charge in [0.2, 0.25) is 0 Å². The van der Waals surface area contributed by atoms with Gasteiger partial charge in [0.15, 0.2) is 0 Å². The number of nitrogens with two attached hydrogens (primary N) is 1. The van der Waals surface area contributed by atoms with Gasteiger partial charge in [0.05, 0.1) is 11.1 Å². The van der Waals surface area contributed by atoms with Crippen molar-refractivity contribution in [3.8, 4) is 11.5 Å². The Hall–Kier alpha value is -2.50. The van der Waals surface area contributed by atoms with Crippen LogP contribution in [-0.4, -0.2) is 5.84 Å². The Balaban J connectivity index is 2.28. The van der Waals surface area contributed by atoms with Crippen LogP contribution in [0.3, 0.4) is 0 Å². The van der Waals surface area contributed by atoms with Crippen LogP contribution in [0.5, 0.6) is 11.5 Å². The van der Waals surface area contributed by atoms with Gasteiger partial charge in [0.1, 0.15) is 17.3 Å². The topological polar surface area (TPSA) is 59.1 Å². The molecule has 2 rings (SSSR count). The lowest BCUT2D eigenvalue weighted by atomic mass is 10.1. The Morgan fingerprint density at radius 3 is 2.24 bits per heavy atom. The van der Waals surface area contributed by atoms with Crippen LogP contribution in [0.1, 0.15) is 16.7 Å². The second kappa shape index (κ2) is 5.47. The number of benzene rings is 2. The Morgan fingerprint density at radius 1 is 1.10 bits per heavy atom. The SMILES string of the molecule is Cc1ccc(Oc2ccc(C(F)(F)F)cc2)c(C(=N)N)c1. The van der Waals surface area contributed by atoms with Gasteiger partial charge in [-0.2, -0.15) is 13.2 Å². The molecule has 0 aliphatic rings. The van der Waals surface area contributed by atoms with E-state index in [-0.39, 0.29) is 11.6 Å². The fourth-order valence-electron chi connectivity index (χ4n) is 1.78. The van der Waals surface area contributed by atoms with Crippen LogP contribution in [0, 0.1) is 12.3 Å². The molecular formula is C15H13F3N2O. The Morgan fingerprint density at radius 2 is 1.71 bits per heavy atom. The first kappa shape index (κ1) is 14.9. The Bertz CT molecular complexity index is 664. The number of amidine groups is 1. The quantitative estimate of drug-likeness (QED) is 0.661. The van der Waals surface area contributed by atoms with Crippen molar-refractivity contribution in [1.29, 1.82) is 5.41 Å². The highest BCUT2D eigenvalue weighted by Gasteiger charge is 2.30. The second-order valence-corrected chi connectivity index (χ2v) is 4.54. The molecule has 0 amide bonds. The maximum atomic E-state index is 12.5. The van der Waals surface area contributed by atoms with Crippen LogP contribution >= 0.6 is 0 Å². The fraction of sp³-hybridized carbons (Fsp3) is 0.133. The summed E-state index contributed by atoms with van der Waals surface area (Å²) in [6, 6.07) is 9.42. The van der Waals surface area contributed by atoms with E-state index in [2.05, 4.69) is 0 Å². The van der Waals surface area contributed by atoms with Gasteiger partial charge in [-0.05, 0) is 43.3 Å². The molecule has 2 aromatic carbocycles. The van der Waals surface area contributed by atoms with Crippen molar-refractivity contribution in [2.24, 2.45) is 5.73 Å². The first-order valence-electron chi connectivity index (χ1n) is 6.07. The molecule has 0 saturated heterocycles. The van der Waals surface area contributed by atoms with Gasteiger partial charge < -0.3 is 10.5 Å². The molecule has 0 atom stereocenters. The van der Waals surface area contributed by atoms with E-state index in [4.69, 9.17) is 15.9 Å². The smallest absolute Gasteiger partial charge is 0.416 e. The van der Waals surface area contributed by atoms with E-state index in [1.807, 2.05) is 6.92 Å². The van der Waals surface area contributed by atoms with E-state index < -0.39 is 11.7 Å². The van der Waals surface area contributed by atoms with Crippen molar-refractivity contribution in [2.75, 3.05) is 0 Å². The summed E-state index contributed by atoms with van der Waals surface area (Å²) < 4.78 is 42.9. The largest absolute Gasteiger partial charge is 0.457 e. The van der Waals surface area contributed by atoms with Gasteiger partial charge in [-0.15, -0.1) is 0 Å². The third kappa shape index (κ3) is 3.53. The number of nitrogens with one attached hydrogen (secondary N) is 1. The molecule has 6 heteroatoms. The van der Waals surface area contributed by atoms with Gasteiger partial charge in [0, 0.05) is 0 Å². The number of ether oxygens (including phenoxy) is 1. The molecule has 2 aromatic rings. The number of hydrogen-bond donors (Lipinski definition) is 2. The predicted molar refractivity (Wildman–Crippen MR) is 73.7 cm³/mol. The summed E-state index contributed by atoms with van der Waals surface area (Å²) in [5, 5.41) is 7.50. The lowest BCUT2D eigenvalue weighted by Crippen LogP contribution is -2.12. The molecule has 0 aromatic heterocycles.